The van der Waals surface area contributed by atoms with Gasteiger partial charge in [0.05, 0.1) is 30.0 Å². The Bertz CT molecular complexity index is 839. The zero-order valence-corrected chi connectivity index (χ0v) is 15.9. The molecule has 2 N–H and O–H groups in total. The van der Waals surface area contributed by atoms with E-state index in [4.69, 9.17) is 4.74 Å². The summed E-state index contributed by atoms with van der Waals surface area (Å²) in [4.78, 5) is 13.0. The molecule has 1 aliphatic carbocycles. The van der Waals surface area contributed by atoms with Gasteiger partial charge in [0.25, 0.3) is 5.91 Å². The molecule has 0 saturated heterocycles. The second kappa shape index (κ2) is 7.35. The van der Waals surface area contributed by atoms with E-state index in [2.05, 4.69) is 23.4 Å². The van der Waals surface area contributed by atoms with Crippen LogP contribution in [0.2, 0.25) is 0 Å². The van der Waals surface area contributed by atoms with Gasteiger partial charge in [-0.25, -0.2) is 0 Å². The molecule has 1 fully saturated rings. The van der Waals surface area contributed by atoms with Gasteiger partial charge in [-0.3, -0.25) is 9.48 Å². The van der Waals surface area contributed by atoms with E-state index in [9.17, 15) is 9.90 Å². The Morgan fingerprint density at radius 3 is 3.00 bits per heavy atom. The Labute approximate surface area is 159 Å². The number of nitrogens with zero attached hydrogens (tertiary/aromatic N) is 2. The Balaban J connectivity index is 1.57. The van der Waals surface area contributed by atoms with Gasteiger partial charge in [-0.15, -0.1) is 0 Å². The molecule has 0 radical (unpaired) electrons. The van der Waals surface area contributed by atoms with Gasteiger partial charge in [0.2, 0.25) is 0 Å². The lowest BCUT2D eigenvalue weighted by Gasteiger charge is -2.38. The normalized spacial score (nSPS) is 21.9. The molecule has 1 aromatic heterocycles. The third kappa shape index (κ3) is 3.58. The average molecular weight is 369 g/mol. The van der Waals surface area contributed by atoms with Crippen molar-refractivity contribution in [3.05, 3.63) is 46.8 Å². The maximum absolute atomic E-state index is 13.0. The molecule has 1 aromatic carbocycles. The number of carbonyl (C=O) groups is 1. The lowest BCUT2D eigenvalue weighted by Crippen LogP contribution is -2.41. The highest BCUT2D eigenvalue weighted by Crippen LogP contribution is 2.40. The Hall–Kier alpha value is -2.34. The third-order valence-corrected chi connectivity index (χ3v) is 5.62. The van der Waals surface area contributed by atoms with Crippen molar-refractivity contribution in [3.63, 3.8) is 0 Å². The fourth-order valence-electron chi connectivity index (χ4n) is 4.08. The zero-order chi connectivity index (χ0) is 19.0. The van der Waals surface area contributed by atoms with Crippen molar-refractivity contribution in [3.8, 4) is 5.75 Å². The maximum Gasteiger partial charge on any atom is 0.255 e. The van der Waals surface area contributed by atoms with Crippen LogP contribution in [0, 0.1) is 12.8 Å². The van der Waals surface area contributed by atoms with E-state index in [1.807, 2.05) is 29.9 Å². The first-order valence-corrected chi connectivity index (χ1v) is 9.83. The smallest absolute Gasteiger partial charge is 0.255 e. The summed E-state index contributed by atoms with van der Waals surface area (Å²) in [6, 6.07) is 6.07. The Morgan fingerprint density at radius 1 is 1.44 bits per heavy atom. The number of ether oxygens (including phenoxy) is 1. The number of benzene rings is 1. The van der Waals surface area contributed by atoms with E-state index in [1.54, 1.807) is 0 Å². The van der Waals surface area contributed by atoms with Gasteiger partial charge < -0.3 is 15.2 Å². The molecule has 6 nitrogen and oxygen atoms in total. The van der Waals surface area contributed by atoms with E-state index in [-0.39, 0.29) is 24.0 Å². The topological polar surface area (TPSA) is 76.4 Å². The van der Waals surface area contributed by atoms with E-state index in [1.165, 1.54) is 5.56 Å². The lowest BCUT2D eigenvalue weighted by atomic mass is 9.74. The fourth-order valence-corrected chi connectivity index (χ4v) is 4.08. The van der Waals surface area contributed by atoms with Crippen molar-refractivity contribution in [2.45, 2.75) is 58.2 Å². The summed E-state index contributed by atoms with van der Waals surface area (Å²) >= 11 is 0. The molecule has 1 unspecified atom stereocenters. The zero-order valence-electron chi connectivity index (χ0n) is 15.9. The fraction of sp³-hybridized carbons (Fsp3) is 0.524. The maximum atomic E-state index is 13.0. The van der Waals surface area contributed by atoms with Crippen molar-refractivity contribution < 1.29 is 14.6 Å². The molecule has 6 heteroatoms. The van der Waals surface area contributed by atoms with Crippen LogP contribution in [-0.4, -0.2) is 33.5 Å². The van der Waals surface area contributed by atoms with Gasteiger partial charge in [-0.2, -0.15) is 5.10 Å². The highest BCUT2D eigenvalue weighted by atomic mass is 16.5. The van der Waals surface area contributed by atoms with Crippen LogP contribution in [0.1, 0.15) is 59.4 Å². The first-order chi connectivity index (χ1) is 13.0. The van der Waals surface area contributed by atoms with E-state index >= 15 is 0 Å². The van der Waals surface area contributed by atoms with Crippen molar-refractivity contribution in [2.24, 2.45) is 5.92 Å². The van der Waals surface area contributed by atoms with Gasteiger partial charge in [-0.05, 0) is 55.4 Å². The van der Waals surface area contributed by atoms with Crippen molar-refractivity contribution in [1.82, 2.24) is 15.1 Å². The minimum absolute atomic E-state index is 0.0991. The number of aliphatic hydroxyl groups is 1. The van der Waals surface area contributed by atoms with Crippen LogP contribution in [0.25, 0.3) is 0 Å². The first-order valence-electron chi connectivity index (χ1n) is 9.83. The van der Waals surface area contributed by atoms with Crippen LogP contribution in [-0.2, 0) is 13.0 Å². The number of amides is 1. The number of fused-ring (bicyclic) bond motifs is 1. The number of aryl methyl sites for hydroxylation is 2. The van der Waals surface area contributed by atoms with Gasteiger partial charge >= 0.3 is 0 Å². The minimum Gasteiger partial charge on any atom is -0.493 e. The number of carbonyl (C=O) groups excluding carboxylic acids is 1. The van der Waals surface area contributed by atoms with Crippen LogP contribution >= 0.6 is 0 Å². The molecule has 1 amide bonds. The second-order valence-electron chi connectivity index (χ2n) is 7.69. The van der Waals surface area contributed by atoms with Gasteiger partial charge in [0.1, 0.15) is 5.75 Å². The molecule has 27 heavy (non-hydrogen) atoms. The van der Waals surface area contributed by atoms with Gasteiger partial charge in [0, 0.05) is 19.2 Å². The summed E-state index contributed by atoms with van der Waals surface area (Å²) in [7, 11) is 0. The van der Waals surface area contributed by atoms with E-state index in [0.29, 0.717) is 25.0 Å². The van der Waals surface area contributed by atoms with Gasteiger partial charge in [-0.1, -0.05) is 13.0 Å². The number of hydrogen-bond acceptors (Lipinski definition) is 4. The van der Waals surface area contributed by atoms with Crippen molar-refractivity contribution in [1.29, 1.82) is 0 Å². The summed E-state index contributed by atoms with van der Waals surface area (Å²) in [5.41, 5.74) is 3.65. The molecule has 1 atom stereocenters. The molecule has 1 saturated carbocycles. The monoisotopic (exact) mass is 369 g/mol. The molecular formula is C21H27N3O3. The molecule has 144 valence electrons. The summed E-state index contributed by atoms with van der Waals surface area (Å²) in [6.07, 6.45) is 4.87. The number of hydrogen-bond donors (Lipinski definition) is 2. The number of nitrogens with one attached hydrogen (secondary N) is 1. The predicted octanol–water partition coefficient (Wildman–Crippen LogP) is 2.78. The summed E-state index contributed by atoms with van der Waals surface area (Å²) in [6.45, 7) is 5.48. The number of aromatic nitrogens is 2. The van der Waals surface area contributed by atoms with Crippen molar-refractivity contribution in [2.75, 3.05) is 6.61 Å². The second-order valence-corrected chi connectivity index (χ2v) is 7.69. The highest BCUT2D eigenvalue weighted by Gasteiger charge is 2.36. The summed E-state index contributed by atoms with van der Waals surface area (Å²) in [5, 5.41) is 17.4. The molecule has 0 spiro atoms. The van der Waals surface area contributed by atoms with E-state index < -0.39 is 0 Å². The first kappa shape index (κ1) is 18.0. The third-order valence-electron chi connectivity index (χ3n) is 5.62. The van der Waals surface area contributed by atoms with Crippen LogP contribution in [0.3, 0.4) is 0 Å². The molecule has 1 aliphatic heterocycles. The largest absolute Gasteiger partial charge is 0.493 e. The number of aliphatic hydroxyl groups excluding tert-OH is 1. The molecule has 2 aromatic rings. The Kier molecular flexibility index (Phi) is 4.91. The lowest BCUT2D eigenvalue weighted by molar-refractivity contribution is 0.0235. The summed E-state index contributed by atoms with van der Waals surface area (Å²) < 4.78 is 7.44. The predicted molar refractivity (Wildman–Crippen MR) is 102 cm³/mol. The van der Waals surface area contributed by atoms with Crippen LogP contribution in [0.5, 0.6) is 5.75 Å². The molecule has 2 heterocycles. The molecular weight excluding hydrogens is 342 g/mol. The standard InChI is InChI=1S/C21H27N3O3/c1-3-7-24-12-18(13(2)23-24)21(26)22-20(16-10-17(25)11-16)15-4-5-19-14(9-15)6-8-27-19/h4-5,9,12,16-17,20,25H,3,6-8,10-11H2,1-2H3,(H,22,26). The molecule has 2 aliphatic rings. The summed E-state index contributed by atoms with van der Waals surface area (Å²) in [5.74, 6) is 1.09. The van der Waals surface area contributed by atoms with E-state index in [0.717, 1.165) is 36.4 Å². The average Bonchev–Trinajstić information content (AvgIpc) is 3.23. The van der Waals surface area contributed by atoms with Gasteiger partial charge in [0.15, 0.2) is 0 Å². The highest BCUT2D eigenvalue weighted by molar-refractivity contribution is 5.95. The van der Waals surface area contributed by atoms with Crippen LogP contribution < -0.4 is 10.1 Å². The SMILES string of the molecule is CCCn1cc(C(=O)NC(c2ccc3c(c2)CCO3)C2CC(O)C2)c(C)n1. The quantitative estimate of drug-likeness (QED) is 0.821. The number of rotatable bonds is 6. The molecule has 4 rings (SSSR count). The Morgan fingerprint density at radius 2 is 2.26 bits per heavy atom. The minimum atomic E-state index is -0.263. The molecule has 0 bridgehead atoms. The van der Waals surface area contributed by atoms with Crippen LogP contribution in [0.4, 0.5) is 0 Å². The van der Waals surface area contributed by atoms with Crippen LogP contribution in [0.15, 0.2) is 24.4 Å². The van der Waals surface area contributed by atoms with Crippen molar-refractivity contribution >= 4 is 5.91 Å².